The Morgan fingerprint density at radius 2 is 2.15 bits per heavy atom. The van der Waals surface area contributed by atoms with E-state index in [1.54, 1.807) is 18.3 Å². The van der Waals surface area contributed by atoms with Crippen LogP contribution in [-0.2, 0) is 4.79 Å². The van der Waals surface area contributed by atoms with Crippen LogP contribution in [0.25, 0.3) is 16.6 Å². The first-order valence-corrected chi connectivity index (χ1v) is 12.0. The van der Waals surface area contributed by atoms with Gasteiger partial charge in [-0.3, -0.25) is 4.79 Å². The van der Waals surface area contributed by atoms with Crippen molar-refractivity contribution in [2.24, 2.45) is 5.92 Å². The van der Waals surface area contributed by atoms with Gasteiger partial charge in [0.1, 0.15) is 11.5 Å². The van der Waals surface area contributed by atoms with E-state index >= 15 is 0 Å². The standard InChI is InChI=1S/C26H30ClFN4O/c1-3-4-5-6-17(2)26(33)32-13-10-18(11-14-32)24-16-20-23(9-12-29-25(20)31-24)30-19-7-8-22(28)21(27)15-19/h7-10,12,15-17H,3-6,11,13-14H2,1-2H3,(H2,29,30,31). The number of unbranched alkanes of at least 4 members (excludes halogenated alkanes) is 2. The summed E-state index contributed by atoms with van der Waals surface area (Å²) in [4.78, 5) is 22.6. The molecule has 0 aliphatic carbocycles. The van der Waals surface area contributed by atoms with Gasteiger partial charge in [-0.1, -0.05) is 50.8 Å². The van der Waals surface area contributed by atoms with Crippen molar-refractivity contribution >= 4 is 45.5 Å². The second-order valence-electron chi connectivity index (χ2n) is 8.72. The zero-order valence-electron chi connectivity index (χ0n) is 19.1. The first kappa shape index (κ1) is 23.3. The number of anilines is 2. The number of benzene rings is 1. The summed E-state index contributed by atoms with van der Waals surface area (Å²) in [6.45, 7) is 5.59. The number of aromatic amines is 1. The van der Waals surface area contributed by atoms with Gasteiger partial charge in [-0.25, -0.2) is 9.37 Å². The Hall–Kier alpha value is -2.86. The summed E-state index contributed by atoms with van der Waals surface area (Å²) in [6, 6.07) is 8.52. The summed E-state index contributed by atoms with van der Waals surface area (Å²) in [5, 5.41) is 4.32. The number of hydrogen-bond donors (Lipinski definition) is 2. The van der Waals surface area contributed by atoms with Crippen LogP contribution in [0.3, 0.4) is 0 Å². The van der Waals surface area contributed by atoms with E-state index in [0.717, 1.165) is 48.2 Å². The molecule has 5 nitrogen and oxygen atoms in total. The van der Waals surface area contributed by atoms with Crippen LogP contribution < -0.4 is 5.32 Å². The summed E-state index contributed by atoms with van der Waals surface area (Å²) in [7, 11) is 0. The van der Waals surface area contributed by atoms with Gasteiger partial charge in [0, 0.05) is 42.0 Å². The summed E-state index contributed by atoms with van der Waals surface area (Å²) in [5.41, 5.74) is 4.53. The summed E-state index contributed by atoms with van der Waals surface area (Å²) in [5.74, 6) is -0.111. The Labute approximate surface area is 199 Å². The minimum absolute atomic E-state index is 0.0752. The number of rotatable bonds is 8. The lowest BCUT2D eigenvalue weighted by Crippen LogP contribution is -2.38. The third kappa shape index (κ3) is 5.38. The average Bonchev–Trinajstić information content (AvgIpc) is 3.27. The monoisotopic (exact) mass is 468 g/mol. The van der Waals surface area contributed by atoms with Crippen LogP contribution >= 0.6 is 11.6 Å². The van der Waals surface area contributed by atoms with Gasteiger partial charge in [0.2, 0.25) is 5.91 Å². The Bertz CT molecular complexity index is 1170. The van der Waals surface area contributed by atoms with Crippen LogP contribution in [0.5, 0.6) is 0 Å². The molecule has 7 heteroatoms. The van der Waals surface area contributed by atoms with Crippen molar-refractivity contribution in [3.63, 3.8) is 0 Å². The highest BCUT2D eigenvalue weighted by Gasteiger charge is 2.23. The predicted octanol–water partition coefficient (Wildman–Crippen LogP) is 6.93. The van der Waals surface area contributed by atoms with Gasteiger partial charge in [-0.2, -0.15) is 0 Å². The summed E-state index contributed by atoms with van der Waals surface area (Å²) in [6.07, 6.45) is 9.09. The molecule has 2 aromatic heterocycles. The van der Waals surface area contributed by atoms with Gasteiger partial charge in [0.25, 0.3) is 0 Å². The molecular weight excluding hydrogens is 439 g/mol. The number of pyridine rings is 1. The fourth-order valence-corrected chi connectivity index (χ4v) is 4.47. The molecule has 33 heavy (non-hydrogen) atoms. The van der Waals surface area contributed by atoms with Crippen molar-refractivity contribution in [2.45, 2.75) is 46.0 Å². The normalized spacial score (nSPS) is 14.9. The first-order chi connectivity index (χ1) is 16.0. The second-order valence-corrected chi connectivity index (χ2v) is 9.13. The van der Waals surface area contributed by atoms with Crippen molar-refractivity contribution in [1.82, 2.24) is 14.9 Å². The number of nitrogens with one attached hydrogen (secondary N) is 2. The largest absolute Gasteiger partial charge is 0.355 e. The van der Waals surface area contributed by atoms with Crippen LogP contribution in [0.15, 0.2) is 42.6 Å². The van der Waals surface area contributed by atoms with Crippen LogP contribution in [-0.4, -0.2) is 33.9 Å². The van der Waals surface area contributed by atoms with Gasteiger partial charge >= 0.3 is 0 Å². The maximum absolute atomic E-state index is 13.5. The van der Waals surface area contributed by atoms with E-state index < -0.39 is 5.82 Å². The minimum atomic E-state index is -0.446. The number of carbonyl (C=O) groups is 1. The van der Waals surface area contributed by atoms with E-state index in [1.165, 1.54) is 24.5 Å². The van der Waals surface area contributed by atoms with Crippen molar-refractivity contribution in [1.29, 1.82) is 0 Å². The van der Waals surface area contributed by atoms with Gasteiger partial charge < -0.3 is 15.2 Å². The maximum Gasteiger partial charge on any atom is 0.225 e. The quantitative estimate of drug-likeness (QED) is 0.352. The third-order valence-corrected chi connectivity index (χ3v) is 6.55. The molecule has 1 unspecified atom stereocenters. The predicted molar refractivity (Wildman–Crippen MR) is 133 cm³/mol. The van der Waals surface area contributed by atoms with Crippen LogP contribution in [0.1, 0.15) is 51.6 Å². The Balaban J connectivity index is 1.47. The molecule has 1 amide bonds. The average molecular weight is 469 g/mol. The van der Waals surface area contributed by atoms with Crippen LogP contribution in [0.4, 0.5) is 15.8 Å². The summed E-state index contributed by atoms with van der Waals surface area (Å²) < 4.78 is 13.5. The zero-order valence-corrected chi connectivity index (χ0v) is 19.9. The van der Waals surface area contributed by atoms with Gasteiger partial charge in [-0.15, -0.1) is 0 Å². The third-order valence-electron chi connectivity index (χ3n) is 6.26. The SMILES string of the molecule is CCCCCC(C)C(=O)N1CC=C(c2cc3c(Nc4ccc(F)c(Cl)c4)ccnc3[nH]2)CC1. The number of hydrogen-bond acceptors (Lipinski definition) is 3. The molecule has 3 heterocycles. The lowest BCUT2D eigenvalue weighted by molar-refractivity contribution is -0.134. The molecule has 1 aliphatic heterocycles. The smallest absolute Gasteiger partial charge is 0.225 e. The molecule has 174 valence electrons. The molecule has 2 N–H and O–H groups in total. The highest BCUT2D eigenvalue weighted by Crippen LogP contribution is 2.31. The first-order valence-electron chi connectivity index (χ1n) is 11.6. The van der Waals surface area contributed by atoms with Crippen LogP contribution in [0.2, 0.25) is 5.02 Å². The van der Waals surface area contributed by atoms with Gasteiger partial charge in [0.15, 0.2) is 0 Å². The fourth-order valence-electron chi connectivity index (χ4n) is 4.29. The molecule has 0 bridgehead atoms. The Morgan fingerprint density at radius 1 is 1.30 bits per heavy atom. The summed E-state index contributed by atoms with van der Waals surface area (Å²) >= 11 is 5.92. The van der Waals surface area contributed by atoms with Crippen molar-refractivity contribution in [2.75, 3.05) is 18.4 Å². The van der Waals surface area contributed by atoms with Crippen molar-refractivity contribution in [3.8, 4) is 0 Å². The molecule has 3 aromatic rings. The van der Waals surface area contributed by atoms with E-state index in [0.29, 0.717) is 12.2 Å². The van der Waals surface area contributed by atoms with Crippen LogP contribution in [0, 0.1) is 11.7 Å². The molecule has 0 saturated heterocycles. The molecule has 0 spiro atoms. The van der Waals surface area contributed by atoms with E-state index in [1.807, 2.05) is 17.9 Å². The molecule has 1 aliphatic rings. The van der Waals surface area contributed by atoms with E-state index in [4.69, 9.17) is 11.6 Å². The highest BCUT2D eigenvalue weighted by atomic mass is 35.5. The number of fused-ring (bicyclic) bond motifs is 1. The molecule has 0 radical (unpaired) electrons. The lowest BCUT2D eigenvalue weighted by atomic mass is 9.99. The number of carbonyl (C=O) groups excluding carboxylic acids is 1. The Kier molecular flexibility index (Phi) is 7.33. The van der Waals surface area contributed by atoms with E-state index in [-0.39, 0.29) is 16.8 Å². The molecule has 0 fully saturated rings. The highest BCUT2D eigenvalue weighted by molar-refractivity contribution is 6.31. The number of amides is 1. The number of nitrogens with zero attached hydrogens (tertiary/aromatic N) is 2. The maximum atomic E-state index is 13.5. The number of halogens is 2. The second kappa shape index (κ2) is 10.4. The van der Waals surface area contributed by atoms with E-state index in [2.05, 4.69) is 34.4 Å². The number of H-pyrrole nitrogens is 1. The zero-order chi connectivity index (χ0) is 23.4. The topological polar surface area (TPSA) is 61.0 Å². The van der Waals surface area contributed by atoms with Gasteiger partial charge in [0.05, 0.1) is 10.7 Å². The molecule has 1 atom stereocenters. The van der Waals surface area contributed by atoms with E-state index in [9.17, 15) is 9.18 Å². The van der Waals surface area contributed by atoms with Crippen molar-refractivity contribution in [3.05, 3.63) is 59.1 Å². The van der Waals surface area contributed by atoms with Crippen molar-refractivity contribution < 1.29 is 9.18 Å². The number of aromatic nitrogens is 2. The minimum Gasteiger partial charge on any atom is -0.355 e. The molecular formula is C26H30ClFN4O. The fraction of sp³-hybridized carbons (Fsp3) is 0.385. The van der Waals surface area contributed by atoms with Gasteiger partial charge in [-0.05, 0) is 48.7 Å². The lowest BCUT2D eigenvalue weighted by Gasteiger charge is -2.28. The molecule has 0 saturated carbocycles. The Morgan fingerprint density at radius 3 is 2.88 bits per heavy atom. The molecule has 1 aromatic carbocycles. The molecule has 4 rings (SSSR count).